The van der Waals surface area contributed by atoms with Gasteiger partial charge in [-0.15, -0.1) is 0 Å². The van der Waals surface area contributed by atoms with Crippen LogP contribution in [0.3, 0.4) is 0 Å². The summed E-state index contributed by atoms with van der Waals surface area (Å²) in [6, 6.07) is 8.29. The van der Waals surface area contributed by atoms with Gasteiger partial charge in [-0.1, -0.05) is 12.1 Å². The molecule has 1 heterocycles. The molecule has 0 bridgehead atoms. The lowest BCUT2D eigenvalue weighted by Gasteiger charge is -2.11. The summed E-state index contributed by atoms with van der Waals surface area (Å²) in [5.74, 6) is 0.785. The second-order valence-electron chi connectivity index (χ2n) is 4.60. The van der Waals surface area contributed by atoms with E-state index < -0.39 is 10.8 Å². The first-order valence-electron chi connectivity index (χ1n) is 6.68. The number of anilines is 1. The first-order valence-corrected chi connectivity index (χ1v) is 6.68. The minimum absolute atomic E-state index is 0.134. The van der Waals surface area contributed by atoms with Gasteiger partial charge in [-0.3, -0.25) is 14.9 Å². The molecule has 0 unspecified atom stereocenters. The van der Waals surface area contributed by atoms with Gasteiger partial charge in [-0.05, 0) is 24.6 Å². The Morgan fingerprint density at radius 1 is 1.35 bits per heavy atom. The van der Waals surface area contributed by atoms with Crippen LogP contribution in [0, 0.1) is 17.0 Å². The number of hydrogen-bond acceptors (Lipinski definition) is 6. The zero-order valence-electron chi connectivity index (χ0n) is 12.6. The Bertz CT molecular complexity index is 733. The average Bonchev–Trinajstić information content (AvgIpc) is 2.54. The number of nitrogens with zero attached hydrogens (tertiary/aromatic N) is 2. The van der Waals surface area contributed by atoms with Gasteiger partial charge in [0, 0.05) is 6.07 Å². The SMILES string of the molecule is COc1ccccc1OCC(=O)Nc1ncc([N+](=O)[O-])cc1C. The van der Waals surface area contributed by atoms with Gasteiger partial charge in [-0.2, -0.15) is 0 Å². The van der Waals surface area contributed by atoms with Gasteiger partial charge >= 0.3 is 0 Å². The van der Waals surface area contributed by atoms with Crippen LogP contribution in [0.1, 0.15) is 5.56 Å². The van der Waals surface area contributed by atoms with Crippen LogP contribution < -0.4 is 14.8 Å². The number of methoxy groups -OCH3 is 1. The Morgan fingerprint density at radius 3 is 2.65 bits per heavy atom. The molecule has 0 saturated carbocycles. The van der Waals surface area contributed by atoms with Crippen LogP contribution in [-0.4, -0.2) is 29.5 Å². The molecular weight excluding hydrogens is 302 g/mol. The molecule has 0 atom stereocenters. The van der Waals surface area contributed by atoms with E-state index in [1.54, 1.807) is 31.2 Å². The minimum Gasteiger partial charge on any atom is -0.493 e. The van der Waals surface area contributed by atoms with Gasteiger partial charge in [0.05, 0.1) is 12.0 Å². The highest BCUT2D eigenvalue weighted by Crippen LogP contribution is 2.25. The number of amides is 1. The van der Waals surface area contributed by atoms with E-state index in [4.69, 9.17) is 9.47 Å². The molecule has 0 aliphatic heterocycles. The van der Waals surface area contributed by atoms with Gasteiger partial charge in [-0.25, -0.2) is 4.98 Å². The molecule has 1 aromatic heterocycles. The van der Waals surface area contributed by atoms with E-state index in [2.05, 4.69) is 10.3 Å². The molecule has 1 N–H and O–H groups in total. The summed E-state index contributed by atoms with van der Waals surface area (Å²) in [5.41, 5.74) is 0.357. The van der Waals surface area contributed by atoms with Crippen molar-refractivity contribution in [1.82, 2.24) is 4.98 Å². The molecule has 1 amide bonds. The molecule has 0 radical (unpaired) electrons. The Balaban J connectivity index is 1.98. The van der Waals surface area contributed by atoms with Gasteiger partial charge in [0.15, 0.2) is 18.1 Å². The molecule has 2 aromatic rings. The van der Waals surface area contributed by atoms with Crippen molar-refractivity contribution in [2.45, 2.75) is 6.92 Å². The van der Waals surface area contributed by atoms with Crippen molar-refractivity contribution in [3.05, 3.63) is 52.2 Å². The summed E-state index contributed by atoms with van der Waals surface area (Å²) in [7, 11) is 1.51. The number of carbonyl (C=O) groups is 1. The highest BCUT2D eigenvalue weighted by Gasteiger charge is 2.12. The van der Waals surface area contributed by atoms with E-state index in [0.29, 0.717) is 17.1 Å². The second-order valence-corrected chi connectivity index (χ2v) is 4.60. The molecule has 8 nitrogen and oxygen atoms in total. The summed E-state index contributed by atoms with van der Waals surface area (Å²) in [6.45, 7) is 1.38. The number of nitrogens with one attached hydrogen (secondary N) is 1. The van der Waals surface area contributed by atoms with E-state index >= 15 is 0 Å². The van der Waals surface area contributed by atoms with Crippen molar-refractivity contribution in [2.24, 2.45) is 0 Å². The number of nitro groups is 1. The number of benzene rings is 1. The largest absolute Gasteiger partial charge is 0.493 e. The van der Waals surface area contributed by atoms with E-state index in [9.17, 15) is 14.9 Å². The van der Waals surface area contributed by atoms with E-state index in [0.717, 1.165) is 6.20 Å². The van der Waals surface area contributed by atoms with Gasteiger partial charge in [0.2, 0.25) is 0 Å². The summed E-state index contributed by atoms with van der Waals surface area (Å²) in [6.07, 6.45) is 1.09. The lowest BCUT2D eigenvalue weighted by Crippen LogP contribution is -2.21. The lowest BCUT2D eigenvalue weighted by atomic mass is 10.2. The lowest BCUT2D eigenvalue weighted by molar-refractivity contribution is -0.385. The third-order valence-corrected chi connectivity index (χ3v) is 2.96. The number of aryl methyl sites for hydroxylation is 1. The van der Waals surface area contributed by atoms with Crippen molar-refractivity contribution in [1.29, 1.82) is 0 Å². The van der Waals surface area contributed by atoms with Crippen LogP contribution in [0.4, 0.5) is 11.5 Å². The maximum atomic E-state index is 11.9. The van der Waals surface area contributed by atoms with Crippen molar-refractivity contribution < 1.29 is 19.2 Å². The number of hydrogen-bond donors (Lipinski definition) is 1. The summed E-state index contributed by atoms with van der Waals surface area (Å²) < 4.78 is 10.5. The van der Waals surface area contributed by atoms with Crippen LogP contribution in [0.25, 0.3) is 0 Å². The Labute approximate surface area is 132 Å². The zero-order valence-corrected chi connectivity index (χ0v) is 12.6. The summed E-state index contributed by atoms with van der Waals surface area (Å²) >= 11 is 0. The van der Waals surface area contributed by atoms with Crippen LogP contribution in [-0.2, 0) is 4.79 Å². The number of aromatic nitrogens is 1. The van der Waals surface area contributed by atoms with Crippen LogP contribution in [0.5, 0.6) is 11.5 Å². The fraction of sp³-hybridized carbons (Fsp3) is 0.200. The second kappa shape index (κ2) is 7.21. The molecular formula is C15H15N3O5. The molecule has 23 heavy (non-hydrogen) atoms. The predicted molar refractivity (Wildman–Crippen MR) is 82.7 cm³/mol. The van der Waals surface area contributed by atoms with E-state index in [-0.39, 0.29) is 18.1 Å². The third-order valence-electron chi connectivity index (χ3n) is 2.96. The normalized spacial score (nSPS) is 10.0. The summed E-state index contributed by atoms with van der Waals surface area (Å²) in [5, 5.41) is 13.2. The van der Waals surface area contributed by atoms with Crippen LogP contribution in [0.15, 0.2) is 36.5 Å². The Hall–Kier alpha value is -3.16. The van der Waals surface area contributed by atoms with Crippen molar-refractivity contribution >= 4 is 17.4 Å². The van der Waals surface area contributed by atoms with Crippen molar-refractivity contribution in [3.63, 3.8) is 0 Å². The number of pyridine rings is 1. The zero-order chi connectivity index (χ0) is 16.8. The molecule has 0 saturated heterocycles. The fourth-order valence-corrected chi connectivity index (χ4v) is 1.84. The fourth-order valence-electron chi connectivity index (χ4n) is 1.84. The Morgan fingerprint density at radius 2 is 2.04 bits per heavy atom. The first kappa shape index (κ1) is 16.2. The van der Waals surface area contributed by atoms with Crippen LogP contribution >= 0.6 is 0 Å². The summed E-state index contributed by atoms with van der Waals surface area (Å²) in [4.78, 5) is 25.9. The van der Waals surface area contributed by atoms with Gasteiger partial charge in [0.1, 0.15) is 12.0 Å². The van der Waals surface area contributed by atoms with Crippen molar-refractivity contribution in [3.8, 4) is 11.5 Å². The maximum Gasteiger partial charge on any atom is 0.287 e. The topological polar surface area (TPSA) is 104 Å². The minimum atomic E-state index is -0.545. The number of carbonyl (C=O) groups excluding carboxylic acids is 1. The highest BCUT2D eigenvalue weighted by molar-refractivity contribution is 5.91. The molecule has 1 aromatic carbocycles. The van der Waals surface area contributed by atoms with E-state index in [1.165, 1.54) is 13.2 Å². The third kappa shape index (κ3) is 4.16. The molecule has 0 aliphatic carbocycles. The van der Waals surface area contributed by atoms with Crippen LogP contribution in [0.2, 0.25) is 0 Å². The van der Waals surface area contributed by atoms with Gasteiger partial charge in [0.25, 0.3) is 11.6 Å². The molecule has 8 heteroatoms. The van der Waals surface area contributed by atoms with E-state index in [1.807, 2.05) is 0 Å². The number of para-hydroxylation sites is 2. The molecule has 120 valence electrons. The number of rotatable bonds is 6. The number of ether oxygens (including phenoxy) is 2. The molecule has 0 spiro atoms. The predicted octanol–water partition coefficient (Wildman–Crippen LogP) is 2.32. The maximum absolute atomic E-state index is 11.9. The highest BCUT2D eigenvalue weighted by atomic mass is 16.6. The smallest absolute Gasteiger partial charge is 0.287 e. The standard InChI is InChI=1S/C15H15N3O5/c1-10-7-11(18(20)21)8-16-15(10)17-14(19)9-23-13-6-4-3-5-12(13)22-2/h3-8H,9H2,1-2H3,(H,16,17,19). The Kier molecular flexibility index (Phi) is 5.08. The quantitative estimate of drug-likeness (QED) is 0.647. The van der Waals surface area contributed by atoms with Crippen molar-refractivity contribution in [2.75, 3.05) is 19.0 Å². The average molecular weight is 317 g/mol. The monoisotopic (exact) mass is 317 g/mol. The molecule has 0 fully saturated rings. The molecule has 0 aliphatic rings. The molecule has 2 rings (SSSR count). The first-order chi connectivity index (χ1) is 11.0. The van der Waals surface area contributed by atoms with Gasteiger partial charge < -0.3 is 14.8 Å².